The zero-order chi connectivity index (χ0) is 19.6. The molecule has 3 rings (SSSR count). The predicted molar refractivity (Wildman–Crippen MR) is 94.9 cm³/mol. The number of nitrogens with zero attached hydrogens (tertiary/aromatic N) is 3. The van der Waals surface area contributed by atoms with E-state index in [-0.39, 0.29) is 11.4 Å². The average molecular weight is 441 g/mol. The van der Waals surface area contributed by atoms with Crippen molar-refractivity contribution in [2.75, 3.05) is 5.32 Å². The maximum absolute atomic E-state index is 12.4. The summed E-state index contributed by atoms with van der Waals surface area (Å²) >= 11 is 3.37. The molecule has 0 aliphatic heterocycles. The molecule has 0 saturated carbocycles. The molecule has 0 fully saturated rings. The molecule has 0 saturated heterocycles. The number of anilines is 1. The molecule has 1 heterocycles. The Morgan fingerprint density at radius 3 is 2.52 bits per heavy atom. The van der Waals surface area contributed by atoms with Gasteiger partial charge in [-0.05, 0) is 49.4 Å². The van der Waals surface area contributed by atoms with Gasteiger partial charge in [0.25, 0.3) is 5.91 Å². The van der Waals surface area contributed by atoms with Gasteiger partial charge in [0.2, 0.25) is 0 Å². The number of amides is 1. The number of nitrogens with one attached hydrogen (secondary N) is 1. The third-order valence-corrected chi connectivity index (χ3v) is 4.00. The number of ether oxygens (including phenoxy) is 1. The number of aromatic nitrogens is 3. The summed E-state index contributed by atoms with van der Waals surface area (Å²) in [5.74, 6) is -0.907. The van der Waals surface area contributed by atoms with Gasteiger partial charge in [0, 0.05) is 10.2 Å². The van der Waals surface area contributed by atoms with Crippen LogP contribution in [-0.2, 0) is 0 Å². The standard InChI is InChI=1S/C17H12BrF3N4O2/c1-10-15(23-24-25(10)13-4-2-3-11(18)9-13)16(26)22-12-5-7-14(8-6-12)27-17(19,20)21/h2-9H,1H3,(H,22,26). The van der Waals surface area contributed by atoms with E-state index < -0.39 is 12.3 Å². The SMILES string of the molecule is Cc1c(C(=O)Nc2ccc(OC(F)(F)F)cc2)nnn1-c1cccc(Br)c1. The van der Waals surface area contributed by atoms with Gasteiger partial charge >= 0.3 is 6.36 Å². The molecule has 0 radical (unpaired) electrons. The van der Waals surface area contributed by atoms with Crippen molar-refractivity contribution in [3.63, 3.8) is 0 Å². The molecule has 3 aromatic rings. The number of alkyl halides is 3. The summed E-state index contributed by atoms with van der Waals surface area (Å²) in [4.78, 5) is 12.4. The van der Waals surface area contributed by atoms with Crippen LogP contribution in [0.25, 0.3) is 5.69 Å². The third kappa shape index (κ3) is 4.64. The first kappa shape index (κ1) is 18.9. The second kappa shape index (κ2) is 7.39. The monoisotopic (exact) mass is 440 g/mol. The van der Waals surface area contributed by atoms with Crippen LogP contribution in [0.4, 0.5) is 18.9 Å². The number of hydrogen-bond acceptors (Lipinski definition) is 4. The van der Waals surface area contributed by atoms with Gasteiger partial charge in [0.15, 0.2) is 5.69 Å². The Hall–Kier alpha value is -2.88. The molecule has 0 unspecified atom stereocenters. The average Bonchev–Trinajstić information content (AvgIpc) is 2.97. The lowest BCUT2D eigenvalue weighted by Crippen LogP contribution is -2.17. The molecule has 1 amide bonds. The number of hydrogen-bond donors (Lipinski definition) is 1. The van der Waals surface area contributed by atoms with Gasteiger partial charge < -0.3 is 10.1 Å². The second-order valence-corrected chi connectivity index (χ2v) is 6.36. The van der Waals surface area contributed by atoms with E-state index in [1.165, 1.54) is 16.8 Å². The minimum Gasteiger partial charge on any atom is -0.406 e. The minimum absolute atomic E-state index is 0.102. The highest BCUT2D eigenvalue weighted by Crippen LogP contribution is 2.24. The molecule has 1 aromatic heterocycles. The number of benzene rings is 2. The van der Waals surface area contributed by atoms with Gasteiger partial charge in [-0.15, -0.1) is 18.3 Å². The van der Waals surface area contributed by atoms with E-state index in [4.69, 9.17) is 0 Å². The third-order valence-electron chi connectivity index (χ3n) is 3.51. The number of rotatable bonds is 4. The highest BCUT2D eigenvalue weighted by Gasteiger charge is 2.31. The Morgan fingerprint density at radius 2 is 1.89 bits per heavy atom. The van der Waals surface area contributed by atoms with Crippen LogP contribution in [0.1, 0.15) is 16.2 Å². The summed E-state index contributed by atoms with van der Waals surface area (Å²) in [6.07, 6.45) is -4.77. The maximum atomic E-state index is 12.4. The summed E-state index contributed by atoms with van der Waals surface area (Å²) in [7, 11) is 0. The van der Waals surface area contributed by atoms with Crippen LogP contribution >= 0.6 is 15.9 Å². The zero-order valence-corrected chi connectivity index (χ0v) is 15.4. The molecule has 2 aromatic carbocycles. The Kier molecular flexibility index (Phi) is 5.17. The molecule has 0 aliphatic carbocycles. The molecular weight excluding hydrogens is 429 g/mol. The molecule has 0 atom stereocenters. The minimum atomic E-state index is -4.77. The fourth-order valence-electron chi connectivity index (χ4n) is 2.32. The van der Waals surface area contributed by atoms with Gasteiger partial charge in [-0.2, -0.15) is 0 Å². The van der Waals surface area contributed by atoms with Gasteiger partial charge in [0.1, 0.15) is 5.75 Å². The topological polar surface area (TPSA) is 69.0 Å². The van der Waals surface area contributed by atoms with Crippen LogP contribution in [0, 0.1) is 6.92 Å². The molecule has 0 aliphatic rings. The first-order valence-corrected chi connectivity index (χ1v) is 8.37. The lowest BCUT2D eigenvalue weighted by Gasteiger charge is -2.09. The van der Waals surface area contributed by atoms with Gasteiger partial charge in [-0.3, -0.25) is 4.79 Å². The van der Waals surface area contributed by atoms with Crippen LogP contribution in [0.15, 0.2) is 53.0 Å². The van der Waals surface area contributed by atoms with E-state index in [0.29, 0.717) is 11.4 Å². The van der Waals surface area contributed by atoms with Gasteiger partial charge in [0.05, 0.1) is 11.4 Å². The van der Waals surface area contributed by atoms with Crippen LogP contribution in [-0.4, -0.2) is 27.3 Å². The van der Waals surface area contributed by atoms with Crippen molar-refractivity contribution in [3.05, 3.63) is 64.4 Å². The quantitative estimate of drug-likeness (QED) is 0.648. The lowest BCUT2D eigenvalue weighted by molar-refractivity contribution is -0.274. The van der Waals surface area contributed by atoms with Crippen LogP contribution in [0.5, 0.6) is 5.75 Å². The largest absolute Gasteiger partial charge is 0.573 e. The van der Waals surface area contributed by atoms with E-state index in [0.717, 1.165) is 22.3 Å². The van der Waals surface area contributed by atoms with Crippen molar-refractivity contribution in [2.45, 2.75) is 13.3 Å². The fourth-order valence-corrected chi connectivity index (χ4v) is 2.71. The highest BCUT2D eigenvalue weighted by molar-refractivity contribution is 9.10. The molecule has 1 N–H and O–H groups in total. The molecule has 0 spiro atoms. The summed E-state index contributed by atoms with van der Waals surface area (Å²) in [6.45, 7) is 1.69. The van der Waals surface area contributed by atoms with Gasteiger partial charge in [-0.1, -0.05) is 27.2 Å². The van der Waals surface area contributed by atoms with E-state index in [2.05, 4.69) is 36.3 Å². The van der Waals surface area contributed by atoms with Crippen LogP contribution < -0.4 is 10.1 Å². The molecule has 6 nitrogen and oxygen atoms in total. The number of halogens is 4. The molecule has 27 heavy (non-hydrogen) atoms. The Balaban J connectivity index is 1.75. The predicted octanol–water partition coefficient (Wildman–Crippen LogP) is 4.49. The van der Waals surface area contributed by atoms with Crippen molar-refractivity contribution in [3.8, 4) is 11.4 Å². The van der Waals surface area contributed by atoms with E-state index >= 15 is 0 Å². The first-order valence-electron chi connectivity index (χ1n) is 7.58. The van der Waals surface area contributed by atoms with E-state index in [9.17, 15) is 18.0 Å². The lowest BCUT2D eigenvalue weighted by atomic mass is 10.2. The van der Waals surface area contributed by atoms with Crippen molar-refractivity contribution in [1.82, 2.24) is 15.0 Å². The molecule has 0 bridgehead atoms. The molecular formula is C17H12BrF3N4O2. The summed E-state index contributed by atoms with van der Waals surface area (Å²) < 4.78 is 42.7. The Labute approximate surface area is 160 Å². The van der Waals surface area contributed by atoms with Gasteiger partial charge in [-0.25, -0.2) is 4.68 Å². The number of carbonyl (C=O) groups is 1. The fraction of sp³-hybridized carbons (Fsp3) is 0.118. The zero-order valence-electron chi connectivity index (χ0n) is 13.8. The first-order chi connectivity index (χ1) is 12.7. The van der Waals surface area contributed by atoms with Crippen LogP contribution in [0.3, 0.4) is 0 Å². The maximum Gasteiger partial charge on any atom is 0.573 e. The van der Waals surface area contributed by atoms with Crippen molar-refractivity contribution < 1.29 is 22.7 Å². The smallest absolute Gasteiger partial charge is 0.406 e. The normalized spacial score (nSPS) is 11.3. The summed E-state index contributed by atoms with van der Waals surface area (Å²) in [5, 5.41) is 10.4. The Bertz CT molecular complexity index is 971. The highest BCUT2D eigenvalue weighted by atomic mass is 79.9. The Morgan fingerprint density at radius 1 is 1.19 bits per heavy atom. The van der Waals surface area contributed by atoms with Crippen molar-refractivity contribution in [2.24, 2.45) is 0 Å². The van der Waals surface area contributed by atoms with Crippen LogP contribution in [0.2, 0.25) is 0 Å². The van der Waals surface area contributed by atoms with E-state index in [1.807, 2.05) is 24.3 Å². The summed E-state index contributed by atoms with van der Waals surface area (Å²) in [5.41, 5.74) is 1.64. The van der Waals surface area contributed by atoms with E-state index in [1.54, 1.807) is 6.92 Å². The molecule has 10 heteroatoms. The number of carbonyl (C=O) groups excluding carboxylic acids is 1. The molecule has 140 valence electrons. The van der Waals surface area contributed by atoms with Crippen molar-refractivity contribution >= 4 is 27.5 Å². The van der Waals surface area contributed by atoms with Crippen molar-refractivity contribution in [1.29, 1.82) is 0 Å². The second-order valence-electron chi connectivity index (χ2n) is 5.44. The summed E-state index contributed by atoms with van der Waals surface area (Å²) in [6, 6.07) is 12.1.